The van der Waals surface area contributed by atoms with Crippen molar-refractivity contribution in [1.29, 1.82) is 0 Å². The van der Waals surface area contributed by atoms with Crippen LogP contribution in [0.3, 0.4) is 0 Å². The van der Waals surface area contributed by atoms with E-state index in [1.165, 1.54) is 6.92 Å². The fraction of sp³-hybridized carbons (Fsp3) is 0.400. The second kappa shape index (κ2) is 4.05. The van der Waals surface area contributed by atoms with E-state index in [0.29, 0.717) is 0 Å². The molecule has 1 amide bonds. The maximum Gasteiger partial charge on any atom is 0.295 e. The minimum absolute atomic E-state index is 0.0100. The van der Waals surface area contributed by atoms with E-state index < -0.39 is 5.95 Å². The van der Waals surface area contributed by atoms with Crippen molar-refractivity contribution in [3.8, 4) is 0 Å². The molecule has 0 aromatic carbocycles. The minimum Gasteiger partial charge on any atom is -0.480 e. The zero-order valence-electron chi connectivity index (χ0n) is 5.46. The lowest BCUT2D eigenvalue weighted by atomic mass is 10.5. The van der Waals surface area contributed by atoms with Crippen LogP contribution in [0.15, 0.2) is 11.6 Å². The second-order valence-corrected chi connectivity index (χ2v) is 1.96. The molecule has 0 aliphatic rings. The fourth-order valence-corrected chi connectivity index (χ4v) is 0.599. The zero-order valence-corrected chi connectivity index (χ0v) is 6.35. The third-order valence-corrected chi connectivity index (χ3v) is 1.07. The van der Waals surface area contributed by atoms with Crippen LogP contribution in [0, 0.1) is 0 Å². The molecule has 0 radical (unpaired) electrons. The number of hydrogen-bond acceptors (Lipinski definition) is 4. The van der Waals surface area contributed by atoms with Gasteiger partial charge in [-0.3, -0.25) is 4.79 Å². The first-order valence-electron chi connectivity index (χ1n) is 2.57. The van der Waals surface area contributed by atoms with E-state index in [1.807, 2.05) is 0 Å². The van der Waals surface area contributed by atoms with Gasteiger partial charge in [0.2, 0.25) is 5.91 Å². The molecule has 0 saturated heterocycles. The van der Waals surface area contributed by atoms with Crippen LogP contribution in [0.1, 0.15) is 6.92 Å². The molecule has 4 nitrogen and oxygen atoms in total. The van der Waals surface area contributed by atoms with E-state index in [2.05, 4.69) is 17.9 Å². The summed E-state index contributed by atoms with van der Waals surface area (Å²) in [5.74, 6) is -1.17. The number of thiol groups is 1. The normalized spacial score (nSPS) is 8.60. The van der Waals surface area contributed by atoms with Gasteiger partial charge in [-0.25, -0.2) is 0 Å². The molecule has 0 aromatic rings. The third-order valence-electron chi connectivity index (χ3n) is 0.755. The minimum atomic E-state index is -0.898. The highest BCUT2D eigenvalue weighted by molar-refractivity contribution is 7.80. The van der Waals surface area contributed by atoms with Gasteiger partial charge in [-0.05, 0) is 0 Å². The van der Waals surface area contributed by atoms with Crippen molar-refractivity contribution in [3.05, 3.63) is 11.6 Å². The summed E-state index contributed by atoms with van der Waals surface area (Å²) in [6.45, 7) is 1.27. The third kappa shape index (κ3) is 3.24. The van der Waals surface area contributed by atoms with Gasteiger partial charge in [-0.15, -0.1) is 0 Å². The van der Waals surface area contributed by atoms with Gasteiger partial charge in [-0.1, -0.05) is 0 Å². The van der Waals surface area contributed by atoms with Gasteiger partial charge in [-0.2, -0.15) is 12.6 Å². The summed E-state index contributed by atoms with van der Waals surface area (Å²) in [6, 6.07) is 0. The maximum absolute atomic E-state index is 10.3. The first-order chi connectivity index (χ1) is 4.57. The number of nitrogens with one attached hydrogen (secondary N) is 1. The van der Waals surface area contributed by atoms with Crippen LogP contribution in [0.2, 0.25) is 0 Å². The molecule has 0 saturated carbocycles. The van der Waals surface area contributed by atoms with Crippen LogP contribution in [0.5, 0.6) is 0 Å². The SMILES string of the molecule is CC(=O)NC(CS)=C(O)O. The van der Waals surface area contributed by atoms with Gasteiger partial charge in [0, 0.05) is 12.7 Å². The smallest absolute Gasteiger partial charge is 0.295 e. The summed E-state index contributed by atoms with van der Waals surface area (Å²) in [6.07, 6.45) is 0. The number of carbonyl (C=O) groups is 1. The Balaban J connectivity index is 4.11. The molecule has 0 bridgehead atoms. The maximum atomic E-state index is 10.3. The van der Waals surface area contributed by atoms with Crippen molar-refractivity contribution in [2.24, 2.45) is 0 Å². The largest absolute Gasteiger partial charge is 0.480 e. The van der Waals surface area contributed by atoms with Gasteiger partial charge in [0.25, 0.3) is 5.95 Å². The number of aliphatic hydroxyl groups is 2. The lowest BCUT2D eigenvalue weighted by molar-refractivity contribution is -0.118. The van der Waals surface area contributed by atoms with Gasteiger partial charge in [0.15, 0.2) is 0 Å². The van der Waals surface area contributed by atoms with Crippen LogP contribution < -0.4 is 5.32 Å². The van der Waals surface area contributed by atoms with Crippen molar-refractivity contribution in [2.45, 2.75) is 6.92 Å². The summed E-state index contributed by atoms with van der Waals surface area (Å²) in [4.78, 5) is 10.3. The van der Waals surface area contributed by atoms with Crippen molar-refractivity contribution in [2.75, 3.05) is 5.75 Å². The van der Waals surface area contributed by atoms with E-state index in [0.717, 1.165) is 0 Å². The summed E-state index contributed by atoms with van der Waals surface area (Å²) in [7, 11) is 0. The van der Waals surface area contributed by atoms with Crippen molar-refractivity contribution >= 4 is 18.5 Å². The Labute approximate surface area is 64.0 Å². The summed E-state index contributed by atoms with van der Waals surface area (Å²) >= 11 is 3.74. The Kier molecular flexibility index (Phi) is 3.71. The molecular formula is C5H9NO3S. The molecule has 3 N–H and O–H groups in total. The van der Waals surface area contributed by atoms with Gasteiger partial charge >= 0.3 is 0 Å². The van der Waals surface area contributed by atoms with Crippen LogP contribution in [-0.4, -0.2) is 21.9 Å². The number of carbonyl (C=O) groups excluding carboxylic acids is 1. The van der Waals surface area contributed by atoms with E-state index in [9.17, 15) is 4.79 Å². The predicted octanol–water partition coefficient (Wildman–Crippen LogP) is 0.337. The van der Waals surface area contributed by atoms with Crippen molar-refractivity contribution in [1.82, 2.24) is 5.32 Å². The van der Waals surface area contributed by atoms with Crippen LogP contribution in [0.4, 0.5) is 0 Å². The Hall–Kier alpha value is -0.840. The van der Waals surface area contributed by atoms with E-state index in [-0.39, 0.29) is 17.4 Å². The molecule has 0 unspecified atom stereocenters. The van der Waals surface area contributed by atoms with E-state index in [4.69, 9.17) is 10.2 Å². The molecule has 0 fully saturated rings. The Bertz CT molecular complexity index is 162. The topological polar surface area (TPSA) is 69.6 Å². The molecule has 5 heteroatoms. The molecule has 10 heavy (non-hydrogen) atoms. The monoisotopic (exact) mass is 163 g/mol. The highest BCUT2D eigenvalue weighted by Crippen LogP contribution is 1.95. The lowest BCUT2D eigenvalue weighted by Gasteiger charge is -2.02. The number of hydrogen-bond donors (Lipinski definition) is 4. The summed E-state index contributed by atoms with van der Waals surface area (Å²) in [5.41, 5.74) is 0.0100. The van der Waals surface area contributed by atoms with Gasteiger partial charge in [0.05, 0.1) is 0 Å². The molecule has 0 aliphatic carbocycles. The Morgan fingerprint density at radius 3 is 2.20 bits per heavy atom. The lowest BCUT2D eigenvalue weighted by Crippen LogP contribution is -2.21. The van der Waals surface area contributed by atoms with Crippen molar-refractivity contribution in [3.63, 3.8) is 0 Å². The first kappa shape index (κ1) is 9.16. The molecular weight excluding hydrogens is 154 g/mol. The molecule has 0 rings (SSSR count). The number of rotatable bonds is 2. The second-order valence-electron chi connectivity index (χ2n) is 1.64. The van der Waals surface area contributed by atoms with Crippen LogP contribution in [0.25, 0.3) is 0 Å². The van der Waals surface area contributed by atoms with Crippen LogP contribution in [-0.2, 0) is 4.79 Å². The fourth-order valence-electron chi connectivity index (χ4n) is 0.379. The molecule has 0 aliphatic heterocycles. The van der Waals surface area contributed by atoms with Crippen molar-refractivity contribution < 1.29 is 15.0 Å². The molecule has 0 heterocycles. The number of amides is 1. The number of aliphatic hydroxyl groups excluding tert-OH is 1. The average molecular weight is 163 g/mol. The molecule has 0 spiro atoms. The quantitative estimate of drug-likeness (QED) is 0.350. The summed E-state index contributed by atoms with van der Waals surface area (Å²) < 4.78 is 0. The van der Waals surface area contributed by atoms with E-state index >= 15 is 0 Å². The molecule has 0 aromatic heterocycles. The Morgan fingerprint density at radius 2 is 2.10 bits per heavy atom. The molecule has 0 atom stereocenters. The summed E-state index contributed by atoms with van der Waals surface area (Å²) in [5, 5.41) is 19.1. The zero-order chi connectivity index (χ0) is 8.15. The molecule has 58 valence electrons. The average Bonchev–Trinajstić information content (AvgIpc) is 1.81. The predicted molar refractivity (Wildman–Crippen MR) is 40.0 cm³/mol. The Morgan fingerprint density at radius 1 is 1.60 bits per heavy atom. The van der Waals surface area contributed by atoms with E-state index in [1.54, 1.807) is 0 Å². The van der Waals surface area contributed by atoms with Gasteiger partial charge in [0.1, 0.15) is 5.70 Å². The first-order valence-corrected chi connectivity index (χ1v) is 3.20. The van der Waals surface area contributed by atoms with Crippen LogP contribution >= 0.6 is 12.6 Å². The standard InChI is InChI=1S/C5H9NO3S/c1-3(7)6-4(2-10)5(8)9/h8-10H,2H2,1H3,(H,6,7). The van der Waals surface area contributed by atoms with Gasteiger partial charge < -0.3 is 15.5 Å². The highest BCUT2D eigenvalue weighted by atomic mass is 32.1. The highest BCUT2D eigenvalue weighted by Gasteiger charge is 2.02.